The second kappa shape index (κ2) is 5.33. The monoisotopic (exact) mass is 281 g/mol. The second-order valence-corrected chi connectivity index (χ2v) is 5.79. The maximum absolute atomic E-state index is 6.37. The van der Waals surface area contributed by atoms with Gasteiger partial charge >= 0.3 is 0 Å². The molecule has 0 spiro atoms. The molecule has 88 valence electrons. The number of benzene rings is 1. The van der Waals surface area contributed by atoms with Crippen molar-refractivity contribution >= 4 is 15.9 Å². The zero-order valence-electron chi connectivity index (χ0n) is 9.88. The quantitative estimate of drug-likeness (QED) is 0.858. The molecule has 16 heavy (non-hydrogen) atoms. The summed E-state index contributed by atoms with van der Waals surface area (Å²) < 4.78 is 1.17. The van der Waals surface area contributed by atoms with Crippen molar-refractivity contribution in [1.82, 2.24) is 0 Å². The van der Waals surface area contributed by atoms with Crippen molar-refractivity contribution in [3.05, 3.63) is 33.8 Å². The fourth-order valence-corrected chi connectivity index (χ4v) is 2.89. The van der Waals surface area contributed by atoms with Crippen molar-refractivity contribution in [3.8, 4) is 0 Å². The van der Waals surface area contributed by atoms with Crippen LogP contribution >= 0.6 is 15.9 Å². The van der Waals surface area contributed by atoms with Crippen LogP contribution in [0.2, 0.25) is 0 Å². The van der Waals surface area contributed by atoms with Crippen LogP contribution in [0.25, 0.3) is 0 Å². The third-order valence-corrected chi connectivity index (χ3v) is 4.61. The Bertz CT molecular complexity index is 356. The highest BCUT2D eigenvalue weighted by Crippen LogP contribution is 2.33. The predicted molar refractivity (Wildman–Crippen MR) is 72.4 cm³/mol. The van der Waals surface area contributed by atoms with Gasteiger partial charge in [-0.15, -0.1) is 0 Å². The van der Waals surface area contributed by atoms with E-state index < -0.39 is 0 Å². The summed E-state index contributed by atoms with van der Waals surface area (Å²) in [5.41, 5.74) is 8.95. The Morgan fingerprint density at radius 3 is 2.56 bits per heavy atom. The van der Waals surface area contributed by atoms with E-state index in [0.717, 1.165) is 0 Å². The standard InChI is InChI=1S/C14H20BrN/c1-10-9-12(7-8-13(10)15)14(16)11-5-3-2-4-6-11/h7-9,11,14H,2-6,16H2,1H3. The molecule has 1 aliphatic rings. The van der Waals surface area contributed by atoms with Crippen LogP contribution in [0.1, 0.15) is 49.3 Å². The van der Waals surface area contributed by atoms with Gasteiger partial charge in [-0.2, -0.15) is 0 Å². The molecule has 0 aliphatic heterocycles. The summed E-state index contributed by atoms with van der Waals surface area (Å²) in [6, 6.07) is 6.74. The largest absolute Gasteiger partial charge is 0.324 e. The van der Waals surface area contributed by atoms with Crippen LogP contribution in [-0.2, 0) is 0 Å². The predicted octanol–water partition coefficient (Wildman–Crippen LogP) is 4.34. The molecular weight excluding hydrogens is 262 g/mol. The first-order valence-corrected chi connectivity index (χ1v) is 6.99. The van der Waals surface area contributed by atoms with Gasteiger partial charge in [0.05, 0.1) is 0 Å². The number of halogens is 1. The molecule has 0 bridgehead atoms. The molecule has 1 saturated carbocycles. The molecule has 2 N–H and O–H groups in total. The van der Waals surface area contributed by atoms with Crippen LogP contribution in [0.4, 0.5) is 0 Å². The Labute approximate surface area is 107 Å². The van der Waals surface area contributed by atoms with Gasteiger partial charge in [0.2, 0.25) is 0 Å². The number of rotatable bonds is 2. The molecule has 0 heterocycles. The molecule has 2 rings (SSSR count). The van der Waals surface area contributed by atoms with Crippen LogP contribution in [-0.4, -0.2) is 0 Å². The minimum atomic E-state index is 0.229. The molecule has 1 aromatic rings. The molecule has 1 aromatic carbocycles. The van der Waals surface area contributed by atoms with Gasteiger partial charge in [0.25, 0.3) is 0 Å². The van der Waals surface area contributed by atoms with Crippen LogP contribution < -0.4 is 5.73 Å². The fourth-order valence-electron chi connectivity index (χ4n) is 2.64. The molecule has 1 unspecified atom stereocenters. The molecule has 1 fully saturated rings. The highest BCUT2D eigenvalue weighted by atomic mass is 79.9. The summed E-state index contributed by atoms with van der Waals surface area (Å²) in [6.45, 7) is 2.13. The first-order chi connectivity index (χ1) is 7.68. The van der Waals surface area contributed by atoms with E-state index in [1.165, 1.54) is 47.7 Å². The van der Waals surface area contributed by atoms with Crippen molar-refractivity contribution in [2.75, 3.05) is 0 Å². The molecule has 0 amide bonds. The summed E-state index contributed by atoms with van der Waals surface area (Å²) in [5.74, 6) is 0.689. The maximum atomic E-state index is 6.37. The lowest BCUT2D eigenvalue weighted by atomic mass is 9.81. The molecule has 1 nitrogen and oxygen atoms in total. The molecule has 1 aliphatic carbocycles. The first kappa shape index (κ1) is 12.1. The van der Waals surface area contributed by atoms with Crippen LogP contribution in [0, 0.1) is 12.8 Å². The minimum absolute atomic E-state index is 0.229. The van der Waals surface area contributed by atoms with E-state index in [1.54, 1.807) is 0 Å². The van der Waals surface area contributed by atoms with Gasteiger partial charge in [0, 0.05) is 10.5 Å². The lowest BCUT2D eigenvalue weighted by Crippen LogP contribution is -2.23. The summed E-state index contributed by atoms with van der Waals surface area (Å²) in [4.78, 5) is 0. The van der Waals surface area contributed by atoms with E-state index in [4.69, 9.17) is 5.73 Å². The van der Waals surface area contributed by atoms with Gasteiger partial charge < -0.3 is 5.73 Å². The van der Waals surface area contributed by atoms with E-state index in [0.29, 0.717) is 5.92 Å². The number of hydrogen-bond acceptors (Lipinski definition) is 1. The van der Waals surface area contributed by atoms with Gasteiger partial charge in [0.15, 0.2) is 0 Å². The lowest BCUT2D eigenvalue weighted by molar-refractivity contribution is 0.308. The van der Waals surface area contributed by atoms with Crippen LogP contribution in [0.15, 0.2) is 22.7 Å². The van der Waals surface area contributed by atoms with Crippen LogP contribution in [0.3, 0.4) is 0 Å². The Kier molecular flexibility index (Phi) is 4.04. The topological polar surface area (TPSA) is 26.0 Å². The molecule has 0 aromatic heterocycles. The Morgan fingerprint density at radius 1 is 1.25 bits per heavy atom. The van der Waals surface area contributed by atoms with E-state index in [9.17, 15) is 0 Å². The Hall–Kier alpha value is -0.340. The van der Waals surface area contributed by atoms with Crippen molar-refractivity contribution in [2.45, 2.75) is 45.1 Å². The highest BCUT2D eigenvalue weighted by Gasteiger charge is 2.21. The molecule has 0 saturated heterocycles. The minimum Gasteiger partial charge on any atom is -0.324 e. The van der Waals surface area contributed by atoms with Gasteiger partial charge in [0.1, 0.15) is 0 Å². The van der Waals surface area contributed by atoms with Crippen molar-refractivity contribution in [3.63, 3.8) is 0 Å². The van der Waals surface area contributed by atoms with Crippen LogP contribution in [0.5, 0.6) is 0 Å². The Balaban J connectivity index is 2.12. The SMILES string of the molecule is Cc1cc(C(N)C2CCCCC2)ccc1Br. The van der Waals surface area contributed by atoms with Gasteiger partial charge in [-0.25, -0.2) is 0 Å². The zero-order valence-corrected chi connectivity index (χ0v) is 11.5. The molecule has 0 radical (unpaired) electrons. The second-order valence-electron chi connectivity index (χ2n) is 4.93. The third-order valence-electron chi connectivity index (χ3n) is 3.72. The average Bonchev–Trinajstić information content (AvgIpc) is 2.33. The van der Waals surface area contributed by atoms with E-state index in [1.807, 2.05) is 0 Å². The van der Waals surface area contributed by atoms with E-state index >= 15 is 0 Å². The smallest absolute Gasteiger partial charge is 0.0323 e. The zero-order chi connectivity index (χ0) is 11.5. The van der Waals surface area contributed by atoms with Crippen molar-refractivity contribution in [1.29, 1.82) is 0 Å². The van der Waals surface area contributed by atoms with Gasteiger partial charge in [-0.1, -0.05) is 47.3 Å². The van der Waals surface area contributed by atoms with Crippen molar-refractivity contribution < 1.29 is 0 Å². The Morgan fingerprint density at radius 2 is 1.94 bits per heavy atom. The molecule has 2 heteroatoms. The normalized spacial score (nSPS) is 19.7. The summed E-state index contributed by atoms with van der Waals surface area (Å²) in [7, 11) is 0. The maximum Gasteiger partial charge on any atom is 0.0323 e. The molecular formula is C14H20BrN. The summed E-state index contributed by atoms with van der Waals surface area (Å²) >= 11 is 3.53. The third kappa shape index (κ3) is 2.67. The average molecular weight is 282 g/mol. The number of aryl methyl sites for hydroxylation is 1. The van der Waals surface area contributed by atoms with E-state index in [2.05, 4.69) is 41.1 Å². The summed E-state index contributed by atoms with van der Waals surface area (Å²) in [6.07, 6.45) is 6.71. The first-order valence-electron chi connectivity index (χ1n) is 6.20. The summed E-state index contributed by atoms with van der Waals surface area (Å²) in [5, 5.41) is 0. The highest BCUT2D eigenvalue weighted by molar-refractivity contribution is 9.10. The number of nitrogens with two attached hydrogens (primary N) is 1. The van der Waals surface area contributed by atoms with Crippen molar-refractivity contribution in [2.24, 2.45) is 11.7 Å². The lowest BCUT2D eigenvalue weighted by Gasteiger charge is -2.28. The van der Waals surface area contributed by atoms with E-state index in [-0.39, 0.29) is 6.04 Å². The molecule has 1 atom stereocenters. The van der Waals surface area contributed by atoms with Gasteiger partial charge in [-0.3, -0.25) is 0 Å². The fraction of sp³-hybridized carbons (Fsp3) is 0.571. The number of hydrogen-bond donors (Lipinski definition) is 1. The van der Waals surface area contributed by atoms with Gasteiger partial charge in [-0.05, 0) is 42.9 Å².